The number of aromatic hydroxyl groups is 1. The minimum absolute atomic E-state index is 0.0409. The molecule has 0 unspecified atom stereocenters. The molecule has 0 aliphatic heterocycles. The first kappa shape index (κ1) is 13.3. The highest BCUT2D eigenvalue weighted by Crippen LogP contribution is 2.37. The fourth-order valence-corrected chi connectivity index (χ4v) is 1.93. The van der Waals surface area contributed by atoms with Crippen LogP contribution in [0.4, 0.5) is 4.39 Å². The number of hydrogen-bond acceptors (Lipinski definition) is 3. The van der Waals surface area contributed by atoms with Crippen molar-refractivity contribution in [3.63, 3.8) is 0 Å². The molecular weight excluding hydrogens is 277 g/mol. The topological polar surface area (TPSA) is 55.5 Å². The standard InChI is InChI=1S/C11H15BrFNO2/c1-11(2,14)5-6-4-7(12)9(15)8(13)10(6)16-3/h4,15H,5,14H2,1-3H3. The quantitative estimate of drug-likeness (QED) is 0.900. The van der Waals surface area contributed by atoms with Gasteiger partial charge < -0.3 is 15.6 Å². The van der Waals surface area contributed by atoms with Crippen LogP contribution in [0.3, 0.4) is 0 Å². The van der Waals surface area contributed by atoms with Gasteiger partial charge in [-0.2, -0.15) is 4.39 Å². The molecule has 5 heteroatoms. The molecule has 0 amide bonds. The molecule has 0 bridgehead atoms. The highest BCUT2D eigenvalue weighted by atomic mass is 79.9. The number of hydrogen-bond donors (Lipinski definition) is 2. The Morgan fingerprint density at radius 3 is 2.56 bits per heavy atom. The van der Waals surface area contributed by atoms with Crippen LogP contribution >= 0.6 is 15.9 Å². The number of rotatable bonds is 3. The lowest BCUT2D eigenvalue weighted by molar-refractivity contribution is 0.355. The van der Waals surface area contributed by atoms with Crippen LogP contribution in [0.25, 0.3) is 0 Å². The van der Waals surface area contributed by atoms with Crippen molar-refractivity contribution in [3.8, 4) is 11.5 Å². The van der Waals surface area contributed by atoms with E-state index < -0.39 is 17.1 Å². The third-order valence-corrected chi connectivity index (χ3v) is 2.68. The summed E-state index contributed by atoms with van der Waals surface area (Å²) in [4.78, 5) is 0. The van der Waals surface area contributed by atoms with Gasteiger partial charge in [0.1, 0.15) is 0 Å². The van der Waals surface area contributed by atoms with E-state index in [4.69, 9.17) is 10.5 Å². The maximum atomic E-state index is 13.7. The SMILES string of the molecule is COc1c(CC(C)(C)N)cc(Br)c(O)c1F. The summed E-state index contributed by atoms with van der Waals surface area (Å²) in [5.41, 5.74) is 6.02. The molecule has 0 atom stereocenters. The van der Waals surface area contributed by atoms with Crippen LogP contribution in [0, 0.1) is 5.82 Å². The van der Waals surface area contributed by atoms with Gasteiger partial charge in [-0.25, -0.2) is 0 Å². The molecule has 0 saturated heterocycles. The maximum Gasteiger partial charge on any atom is 0.208 e. The van der Waals surface area contributed by atoms with Gasteiger partial charge in [0.25, 0.3) is 0 Å². The van der Waals surface area contributed by atoms with Gasteiger partial charge in [-0.1, -0.05) is 0 Å². The molecule has 0 fully saturated rings. The number of methoxy groups -OCH3 is 1. The number of nitrogens with two attached hydrogens (primary N) is 1. The monoisotopic (exact) mass is 291 g/mol. The maximum absolute atomic E-state index is 13.7. The van der Waals surface area contributed by atoms with Crippen LogP contribution < -0.4 is 10.5 Å². The van der Waals surface area contributed by atoms with Crippen LogP contribution in [0.1, 0.15) is 19.4 Å². The Kier molecular flexibility index (Phi) is 3.80. The van der Waals surface area contributed by atoms with E-state index in [2.05, 4.69) is 15.9 Å². The molecule has 0 aromatic heterocycles. The van der Waals surface area contributed by atoms with Gasteiger partial charge >= 0.3 is 0 Å². The highest BCUT2D eigenvalue weighted by Gasteiger charge is 2.21. The summed E-state index contributed by atoms with van der Waals surface area (Å²) in [5.74, 6) is -1.18. The predicted molar refractivity (Wildman–Crippen MR) is 64.3 cm³/mol. The van der Waals surface area contributed by atoms with E-state index in [9.17, 15) is 9.50 Å². The summed E-state index contributed by atoms with van der Waals surface area (Å²) in [6.07, 6.45) is 0.450. The van der Waals surface area contributed by atoms with Crippen LogP contribution in [-0.2, 0) is 6.42 Å². The average molecular weight is 292 g/mol. The molecule has 1 aromatic carbocycles. The van der Waals surface area contributed by atoms with E-state index in [1.807, 2.05) is 13.8 Å². The lowest BCUT2D eigenvalue weighted by Gasteiger charge is -2.21. The Hall–Kier alpha value is -0.810. The van der Waals surface area contributed by atoms with Crippen LogP contribution in [0.15, 0.2) is 10.5 Å². The van der Waals surface area contributed by atoms with E-state index >= 15 is 0 Å². The van der Waals surface area contributed by atoms with E-state index in [0.29, 0.717) is 16.5 Å². The first-order chi connectivity index (χ1) is 7.26. The molecule has 90 valence electrons. The summed E-state index contributed by atoms with van der Waals surface area (Å²) in [7, 11) is 1.36. The molecule has 0 heterocycles. The molecule has 0 saturated carbocycles. The average Bonchev–Trinajstić information content (AvgIpc) is 2.12. The van der Waals surface area contributed by atoms with Crippen molar-refractivity contribution in [1.82, 2.24) is 0 Å². The number of halogens is 2. The Bertz CT molecular complexity index is 402. The molecule has 3 N–H and O–H groups in total. The first-order valence-electron chi connectivity index (χ1n) is 4.79. The zero-order chi connectivity index (χ0) is 12.5. The lowest BCUT2D eigenvalue weighted by Crippen LogP contribution is -2.34. The van der Waals surface area contributed by atoms with Crippen molar-refractivity contribution < 1.29 is 14.2 Å². The largest absolute Gasteiger partial charge is 0.504 e. The second-order valence-corrected chi connectivity index (χ2v) is 5.23. The number of ether oxygens (including phenoxy) is 1. The smallest absolute Gasteiger partial charge is 0.208 e. The predicted octanol–water partition coefficient (Wildman–Crippen LogP) is 2.58. The van der Waals surface area contributed by atoms with E-state index in [1.54, 1.807) is 6.07 Å². The molecular formula is C11H15BrFNO2. The van der Waals surface area contributed by atoms with Crippen molar-refractivity contribution in [2.24, 2.45) is 5.73 Å². The van der Waals surface area contributed by atoms with E-state index in [0.717, 1.165) is 0 Å². The molecule has 1 aromatic rings. The van der Waals surface area contributed by atoms with Gasteiger partial charge in [0.15, 0.2) is 11.5 Å². The zero-order valence-corrected chi connectivity index (χ0v) is 11.1. The highest BCUT2D eigenvalue weighted by molar-refractivity contribution is 9.10. The molecule has 3 nitrogen and oxygen atoms in total. The molecule has 0 aliphatic rings. The molecule has 1 rings (SSSR count). The van der Waals surface area contributed by atoms with Crippen LogP contribution in [0.5, 0.6) is 11.5 Å². The van der Waals surface area contributed by atoms with Crippen molar-refractivity contribution in [3.05, 3.63) is 21.9 Å². The second kappa shape index (κ2) is 4.59. The van der Waals surface area contributed by atoms with E-state index in [-0.39, 0.29) is 5.75 Å². The van der Waals surface area contributed by atoms with Crippen molar-refractivity contribution in [2.45, 2.75) is 25.8 Å². The summed E-state index contributed by atoms with van der Waals surface area (Å²) in [6, 6.07) is 1.62. The first-order valence-corrected chi connectivity index (χ1v) is 5.58. The molecule has 0 radical (unpaired) electrons. The number of benzene rings is 1. The Morgan fingerprint density at radius 1 is 1.56 bits per heavy atom. The van der Waals surface area contributed by atoms with Gasteiger partial charge in [0, 0.05) is 11.1 Å². The van der Waals surface area contributed by atoms with Crippen LogP contribution in [-0.4, -0.2) is 17.8 Å². The fourth-order valence-electron chi connectivity index (χ4n) is 1.48. The summed E-state index contributed by atoms with van der Waals surface area (Å²) < 4.78 is 18.9. The second-order valence-electron chi connectivity index (χ2n) is 4.38. The summed E-state index contributed by atoms with van der Waals surface area (Å²) in [6.45, 7) is 3.68. The van der Waals surface area contributed by atoms with Crippen molar-refractivity contribution >= 4 is 15.9 Å². The summed E-state index contributed by atoms with van der Waals surface area (Å²) in [5, 5.41) is 9.41. The molecule has 16 heavy (non-hydrogen) atoms. The molecule has 0 aliphatic carbocycles. The zero-order valence-electron chi connectivity index (χ0n) is 9.47. The Labute approximate surface area is 103 Å². The number of phenolic OH excluding ortho intramolecular Hbond substituents is 1. The van der Waals surface area contributed by atoms with Crippen molar-refractivity contribution in [1.29, 1.82) is 0 Å². The van der Waals surface area contributed by atoms with Gasteiger partial charge in [0.2, 0.25) is 5.82 Å². The van der Waals surface area contributed by atoms with Crippen LogP contribution in [0.2, 0.25) is 0 Å². The Balaban J connectivity index is 3.28. The van der Waals surface area contributed by atoms with Gasteiger partial charge in [-0.05, 0) is 42.3 Å². The van der Waals surface area contributed by atoms with Crippen molar-refractivity contribution in [2.75, 3.05) is 7.11 Å². The van der Waals surface area contributed by atoms with Gasteiger partial charge in [-0.15, -0.1) is 0 Å². The molecule has 0 spiro atoms. The summed E-state index contributed by atoms with van der Waals surface area (Å²) >= 11 is 3.08. The third kappa shape index (κ3) is 2.86. The number of phenols is 1. The Morgan fingerprint density at radius 2 is 2.12 bits per heavy atom. The van der Waals surface area contributed by atoms with Gasteiger partial charge in [-0.3, -0.25) is 0 Å². The fraction of sp³-hybridized carbons (Fsp3) is 0.455. The third-order valence-electron chi connectivity index (χ3n) is 2.08. The minimum atomic E-state index is -0.767. The normalized spacial score (nSPS) is 11.6. The van der Waals surface area contributed by atoms with Gasteiger partial charge in [0.05, 0.1) is 11.6 Å². The lowest BCUT2D eigenvalue weighted by atomic mass is 9.95. The minimum Gasteiger partial charge on any atom is -0.504 e. The van der Waals surface area contributed by atoms with E-state index in [1.165, 1.54) is 7.11 Å².